The summed E-state index contributed by atoms with van der Waals surface area (Å²) in [5, 5.41) is 8.57. The van der Waals surface area contributed by atoms with E-state index in [-0.39, 0.29) is 0 Å². The van der Waals surface area contributed by atoms with Crippen LogP contribution in [0.4, 0.5) is 0 Å². The number of pyridine rings is 1. The van der Waals surface area contributed by atoms with Crippen molar-refractivity contribution in [3.63, 3.8) is 0 Å². The molecule has 0 saturated heterocycles. The van der Waals surface area contributed by atoms with Crippen LogP contribution in [-0.2, 0) is 13.0 Å². The molecule has 82 valence electrons. The third-order valence-corrected chi connectivity index (χ3v) is 3.00. The normalized spacial score (nSPS) is 13.7. The molecule has 16 heavy (non-hydrogen) atoms. The van der Waals surface area contributed by atoms with Gasteiger partial charge in [0.1, 0.15) is 5.82 Å². The average molecular weight is 214 g/mol. The predicted octanol–water partition coefficient (Wildman–Crippen LogP) is 2.02. The van der Waals surface area contributed by atoms with Crippen LogP contribution in [0.15, 0.2) is 18.3 Å². The van der Waals surface area contributed by atoms with Gasteiger partial charge in [-0.25, -0.2) is 0 Å². The predicted molar refractivity (Wildman–Crippen MR) is 61.0 cm³/mol. The SMILES string of the molecule is CC(C)c1nnc2n1CCc1ncccc1-2. The number of fused-ring (bicyclic) bond motifs is 3. The van der Waals surface area contributed by atoms with E-state index in [1.807, 2.05) is 12.3 Å². The maximum atomic E-state index is 4.39. The van der Waals surface area contributed by atoms with E-state index in [1.165, 1.54) is 0 Å². The molecule has 0 aliphatic carbocycles. The van der Waals surface area contributed by atoms with Crippen molar-refractivity contribution in [2.24, 2.45) is 0 Å². The molecule has 0 atom stereocenters. The second kappa shape index (κ2) is 3.40. The minimum Gasteiger partial charge on any atom is -0.310 e. The second-order valence-corrected chi connectivity index (χ2v) is 4.44. The number of hydrogen-bond donors (Lipinski definition) is 0. The highest BCUT2D eigenvalue weighted by Crippen LogP contribution is 2.28. The summed E-state index contributed by atoms with van der Waals surface area (Å²) in [6.07, 6.45) is 2.81. The van der Waals surface area contributed by atoms with Crippen LogP contribution >= 0.6 is 0 Å². The lowest BCUT2D eigenvalue weighted by Gasteiger charge is -2.18. The Bertz CT molecular complexity index is 528. The molecule has 3 heterocycles. The number of rotatable bonds is 1. The van der Waals surface area contributed by atoms with Crippen LogP contribution in [0.3, 0.4) is 0 Å². The Morgan fingerprint density at radius 3 is 3.00 bits per heavy atom. The van der Waals surface area contributed by atoms with Crippen LogP contribution in [0.1, 0.15) is 31.3 Å². The highest BCUT2D eigenvalue weighted by Gasteiger charge is 2.22. The molecule has 0 N–H and O–H groups in total. The molecule has 1 aliphatic rings. The Labute approximate surface area is 94.4 Å². The van der Waals surface area contributed by atoms with Crippen LogP contribution in [0, 0.1) is 0 Å². The fraction of sp³-hybridized carbons (Fsp3) is 0.417. The molecule has 0 spiro atoms. The minimum absolute atomic E-state index is 0.416. The van der Waals surface area contributed by atoms with Gasteiger partial charge in [0.15, 0.2) is 5.82 Å². The van der Waals surface area contributed by atoms with Crippen molar-refractivity contribution in [3.8, 4) is 11.4 Å². The van der Waals surface area contributed by atoms with E-state index < -0.39 is 0 Å². The van der Waals surface area contributed by atoms with Crippen molar-refractivity contribution in [1.29, 1.82) is 0 Å². The van der Waals surface area contributed by atoms with E-state index in [9.17, 15) is 0 Å². The molecular weight excluding hydrogens is 200 g/mol. The molecule has 4 heteroatoms. The number of nitrogens with zero attached hydrogens (tertiary/aromatic N) is 4. The van der Waals surface area contributed by atoms with Crippen molar-refractivity contribution in [2.45, 2.75) is 32.7 Å². The number of aryl methyl sites for hydroxylation is 1. The van der Waals surface area contributed by atoms with Crippen LogP contribution < -0.4 is 0 Å². The van der Waals surface area contributed by atoms with E-state index >= 15 is 0 Å². The summed E-state index contributed by atoms with van der Waals surface area (Å²) in [6.45, 7) is 5.24. The van der Waals surface area contributed by atoms with Crippen LogP contribution in [0.2, 0.25) is 0 Å². The maximum Gasteiger partial charge on any atom is 0.165 e. The summed E-state index contributed by atoms with van der Waals surface area (Å²) in [4.78, 5) is 4.39. The van der Waals surface area contributed by atoms with Crippen molar-refractivity contribution in [2.75, 3.05) is 0 Å². The van der Waals surface area contributed by atoms with Gasteiger partial charge in [0.2, 0.25) is 0 Å². The fourth-order valence-corrected chi connectivity index (χ4v) is 2.22. The van der Waals surface area contributed by atoms with Crippen molar-refractivity contribution >= 4 is 0 Å². The summed E-state index contributed by atoms with van der Waals surface area (Å²) in [6, 6.07) is 4.03. The molecule has 3 rings (SSSR count). The number of hydrogen-bond acceptors (Lipinski definition) is 3. The molecule has 0 saturated carbocycles. The Morgan fingerprint density at radius 1 is 1.31 bits per heavy atom. The zero-order valence-electron chi connectivity index (χ0n) is 9.51. The van der Waals surface area contributed by atoms with E-state index in [0.29, 0.717) is 5.92 Å². The van der Waals surface area contributed by atoms with Gasteiger partial charge in [-0.3, -0.25) is 4.98 Å². The van der Waals surface area contributed by atoms with Crippen molar-refractivity contribution in [1.82, 2.24) is 19.7 Å². The summed E-state index contributed by atoms with van der Waals surface area (Å²) >= 11 is 0. The van der Waals surface area contributed by atoms with Gasteiger partial charge in [-0.2, -0.15) is 0 Å². The Hall–Kier alpha value is -1.71. The zero-order valence-corrected chi connectivity index (χ0v) is 9.51. The topological polar surface area (TPSA) is 43.6 Å². The Kier molecular flexibility index (Phi) is 2.02. The van der Waals surface area contributed by atoms with E-state index in [1.54, 1.807) is 0 Å². The molecule has 0 bridgehead atoms. The molecule has 0 fully saturated rings. The van der Waals surface area contributed by atoms with Gasteiger partial charge in [0.05, 0.1) is 5.69 Å². The van der Waals surface area contributed by atoms with Gasteiger partial charge in [0, 0.05) is 30.6 Å². The summed E-state index contributed by atoms with van der Waals surface area (Å²) in [5.74, 6) is 2.46. The Morgan fingerprint density at radius 2 is 2.19 bits per heavy atom. The lowest BCUT2D eigenvalue weighted by molar-refractivity contribution is 0.607. The first kappa shape index (κ1) is 9.51. The summed E-state index contributed by atoms with van der Waals surface area (Å²) < 4.78 is 2.22. The summed E-state index contributed by atoms with van der Waals surface area (Å²) in [7, 11) is 0. The van der Waals surface area contributed by atoms with E-state index in [0.717, 1.165) is 35.9 Å². The smallest absolute Gasteiger partial charge is 0.165 e. The third kappa shape index (κ3) is 1.26. The third-order valence-electron chi connectivity index (χ3n) is 3.00. The first-order valence-corrected chi connectivity index (χ1v) is 5.64. The molecule has 2 aromatic heterocycles. The van der Waals surface area contributed by atoms with Gasteiger partial charge in [0.25, 0.3) is 0 Å². The zero-order chi connectivity index (χ0) is 11.1. The fourth-order valence-electron chi connectivity index (χ4n) is 2.22. The average Bonchev–Trinajstić information content (AvgIpc) is 2.73. The molecule has 0 amide bonds. The highest BCUT2D eigenvalue weighted by molar-refractivity contribution is 5.60. The first-order valence-electron chi connectivity index (χ1n) is 5.64. The number of aromatic nitrogens is 4. The van der Waals surface area contributed by atoms with E-state index in [2.05, 4.69) is 39.7 Å². The standard InChI is InChI=1S/C12H14N4/c1-8(2)11-14-15-12-9-4-3-6-13-10(9)5-7-16(11)12/h3-4,6,8H,5,7H2,1-2H3. The molecule has 2 aromatic rings. The minimum atomic E-state index is 0.416. The van der Waals surface area contributed by atoms with Crippen LogP contribution in [-0.4, -0.2) is 19.7 Å². The lowest BCUT2D eigenvalue weighted by atomic mass is 10.1. The lowest BCUT2D eigenvalue weighted by Crippen LogP contribution is -2.15. The molecule has 0 aromatic carbocycles. The van der Waals surface area contributed by atoms with Crippen LogP contribution in [0.25, 0.3) is 11.4 Å². The quantitative estimate of drug-likeness (QED) is 0.729. The van der Waals surface area contributed by atoms with Crippen molar-refractivity contribution < 1.29 is 0 Å². The largest absolute Gasteiger partial charge is 0.310 e. The molecule has 0 unspecified atom stereocenters. The molecular formula is C12H14N4. The highest BCUT2D eigenvalue weighted by atomic mass is 15.3. The van der Waals surface area contributed by atoms with Gasteiger partial charge >= 0.3 is 0 Å². The van der Waals surface area contributed by atoms with Crippen LogP contribution in [0.5, 0.6) is 0 Å². The maximum absolute atomic E-state index is 4.39. The van der Waals surface area contributed by atoms with Gasteiger partial charge in [-0.05, 0) is 12.1 Å². The van der Waals surface area contributed by atoms with Gasteiger partial charge in [-0.1, -0.05) is 13.8 Å². The first-order chi connectivity index (χ1) is 7.77. The summed E-state index contributed by atoms with van der Waals surface area (Å²) in [5.41, 5.74) is 2.27. The molecule has 4 nitrogen and oxygen atoms in total. The Balaban J connectivity index is 2.19. The van der Waals surface area contributed by atoms with Crippen molar-refractivity contribution in [3.05, 3.63) is 29.8 Å². The van der Waals surface area contributed by atoms with Gasteiger partial charge in [-0.15, -0.1) is 10.2 Å². The monoisotopic (exact) mass is 214 g/mol. The van der Waals surface area contributed by atoms with E-state index in [4.69, 9.17) is 0 Å². The molecule has 1 aliphatic heterocycles. The van der Waals surface area contributed by atoms with Gasteiger partial charge < -0.3 is 4.57 Å². The second-order valence-electron chi connectivity index (χ2n) is 4.44. The molecule has 0 radical (unpaired) electrons.